The van der Waals surface area contributed by atoms with E-state index < -0.39 is 0 Å². The lowest BCUT2D eigenvalue weighted by molar-refractivity contribution is 1.05. The van der Waals surface area contributed by atoms with Crippen LogP contribution in [-0.2, 0) is 0 Å². The van der Waals surface area contributed by atoms with E-state index in [2.05, 4.69) is 203 Å². The van der Waals surface area contributed by atoms with Crippen molar-refractivity contribution in [1.82, 2.24) is 19.1 Å². The van der Waals surface area contributed by atoms with E-state index in [4.69, 9.17) is 9.97 Å². The number of para-hydroxylation sites is 3. The number of fused-ring (bicyclic) bond motifs is 10. The average molecular weight is 745 g/mol. The zero-order chi connectivity index (χ0) is 37.5. The average Bonchev–Trinajstić information content (AvgIpc) is 3.95. The van der Waals surface area contributed by atoms with Crippen LogP contribution in [0.15, 0.2) is 194 Å². The first-order valence-electron chi connectivity index (χ1n) is 19.3. The second-order valence-electron chi connectivity index (χ2n) is 14.6. The van der Waals surface area contributed by atoms with E-state index >= 15 is 0 Å². The topological polar surface area (TPSA) is 35.6 Å². The summed E-state index contributed by atoms with van der Waals surface area (Å²) in [5.41, 5.74) is 10.9. The van der Waals surface area contributed by atoms with Crippen LogP contribution >= 0.6 is 11.3 Å². The molecule has 0 unspecified atom stereocenters. The van der Waals surface area contributed by atoms with E-state index in [0.717, 1.165) is 50.5 Å². The van der Waals surface area contributed by atoms with Crippen LogP contribution in [0.25, 0.3) is 109 Å². The van der Waals surface area contributed by atoms with Crippen LogP contribution in [0.5, 0.6) is 0 Å². The lowest BCUT2D eigenvalue weighted by Gasteiger charge is -2.13. The van der Waals surface area contributed by atoms with Gasteiger partial charge in [0.15, 0.2) is 5.82 Å². The van der Waals surface area contributed by atoms with Gasteiger partial charge in [0.25, 0.3) is 0 Å². The van der Waals surface area contributed by atoms with Crippen molar-refractivity contribution in [3.05, 3.63) is 194 Å². The molecule has 266 valence electrons. The Morgan fingerprint density at radius 2 is 1.05 bits per heavy atom. The van der Waals surface area contributed by atoms with Crippen LogP contribution in [0.4, 0.5) is 0 Å². The van der Waals surface area contributed by atoms with Crippen molar-refractivity contribution < 1.29 is 0 Å². The van der Waals surface area contributed by atoms with Crippen molar-refractivity contribution in [1.29, 1.82) is 0 Å². The highest BCUT2D eigenvalue weighted by atomic mass is 32.1. The van der Waals surface area contributed by atoms with Gasteiger partial charge in [-0.25, -0.2) is 9.97 Å². The molecule has 0 fully saturated rings. The van der Waals surface area contributed by atoms with Crippen molar-refractivity contribution in [2.24, 2.45) is 0 Å². The van der Waals surface area contributed by atoms with Crippen molar-refractivity contribution in [3.63, 3.8) is 0 Å². The first-order valence-corrected chi connectivity index (χ1v) is 20.1. The molecule has 0 radical (unpaired) electrons. The number of benzene rings is 8. The van der Waals surface area contributed by atoms with Gasteiger partial charge in [-0.1, -0.05) is 146 Å². The van der Waals surface area contributed by atoms with Crippen LogP contribution in [0.2, 0.25) is 0 Å². The van der Waals surface area contributed by atoms with E-state index in [1.54, 1.807) is 0 Å². The Balaban J connectivity index is 1.18. The third kappa shape index (κ3) is 4.93. The molecular formula is C52H32N4S. The quantitative estimate of drug-likeness (QED) is 0.176. The summed E-state index contributed by atoms with van der Waals surface area (Å²) in [6.45, 7) is 0. The lowest BCUT2D eigenvalue weighted by atomic mass is 10.0. The molecule has 0 saturated heterocycles. The van der Waals surface area contributed by atoms with Gasteiger partial charge in [-0.2, -0.15) is 0 Å². The smallest absolute Gasteiger partial charge is 0.162 e. The molecule has 0 N–H and O–H groups in total. The van der Waals surface area contributed by atoms with Crippen molar-refractivity contribution in [2.75, 3.05) is 0 Å². The third-order valence-corrected chi connectivity index (χ3v) is 12.6. The number of rotatable bonds is 5. The summed E-state index contributed by atoms with van der Waals surface area (Å²) in [6.07, 6.45) is 0. The predicted octanol–water partition coefficient (Wildman–Crippen LogP) is 14.0. The summed E-state index contributed by atoms with van der Waals surface area (Å²) >= 11 is 1.83. The highest BCUT2D eigenvalue weighted by Crippen LogP contribution is 2.44. The minimum atomic E-state index is 0.684. The van der Waals surface area contributed by atoms with Gasteiger partial charge in [0.05, 0.1) is 27.8 Å². The summed E-state index contributed by atoms with van der Waals surface area (Å²) in [5, 5.41) is 7.35. The highest BCUT2D eigenvalue weighted by molar-refractivity contribution is 7.26. The fraction of sp³-hybridized carbons (Fsp3) is 0. The first kappa shape index (κ1) is 32.0. The molecule has 0 amide bonds. The molecule has 0 atom stereocenters. The van der Waals surface area contributed by atoms with Gasteiger partial charge < -0.3 is 4.57 Å². The van der Waals surface area contributed by atoms with E-state index in [0.29, 0.717) is 5.82 Å². The predicted molar refractivity (Wildman–Crippen MR) is 240 cm³/mol. The Bertz CT molecular complexity index is 3520. The maximum atomic E-state index is 5.48. The monoisotopic (exact) mass is 744 g/mol. The maximum Gasteiger partial charge on any atom is 0.162 e. The number of hydrogen-bond donors (Lipinski definition) is 0. The summed E-state index contributed by atoms with van der Waals surface area (Å²) < 4.78 is 7.27. The molecule has 0 bridgehead atoms. The zero-order valence-electron chi connectivity index (χ0n) is 30.7. The largest absolute Gasteiger partial charge is 0.309 e. The number of thiophene rings is 1. The van der Waals surface area contributed by atoms with Crippen molar-refractivity contribution >= 4 is 75.1 Å². The van der Waals surface area contributed by atoms with Gasteiger partial charge in [-0.3, -0.25) is 4.57 Å². The van der Waals surface area contributed by atoms with Crippen LogP contribution in [0.3, 0.4) is 0 Å². The minimum absolute atomic E-state index is 0.684. The number of hydrogen-bond acceptors (Lipinski definition) is 3. The van der Waals surface area contributed by atoms with Gasteiger partial charge in [0.1, 0.15) is 5.82 Å². The van der Waals surface area contributed by atoms with Crippen molar-refractivity contribution in [2.45, 2.75) is 0 Å². The molecule has 5 heteroatoms. The van der Waals surface area contributed by atoms with Gasteiger partial charge in [0.2, 0.25) is 0 Å². The van der Waals surface area contributed by atoms with E-state index in [1.165, 1.54) is 52.8 Å². The molecular weight excluding hydrogens is 713 g/mol. The number of aromatic nitrogens is 4. The molecule has 0 saturated carbocycles. The van der Waals surface area contributed by atoms with Crippen molar-refractivity contribution in [3.8, 4) is 45.3 Å². The Morgan fingerprint density at radius 3 is 1.89 bits per heavy atom. The fourth-order valence-electron chi connectivity index (χ4n) is 8.83. The van der Waals surface area contributed by atoms with Gasteiger partial charge in [-0.15, -0.1) is 11.3 Å². The van der Waals surface area contributed by atoms with Crippen LogP contribution in [0.1, 0.15) is 0 Å². The Kier molecular flexibility index (Phi) is 7.06. The molecule has 0 spiro atoms. The molecule has 57 heavy (non-hydrogen) atoms. The van der Waals surface area contributed by atoms with E-state index in [9.17, 15) is 0 Å². The molecule has 4 nitrogen and oxygen atoms in total. The van der Waals surface area contributed by atoms with Crippen LogP contribution in [-0.4, -0.2) is 19.1 Å². The fourth-order valence-corrected chi connectivity index (χ4v) is 10.1. The molecule has 12 aromatic rings. The van der Waals surface area contributed by atoms with Gasteiger partial charge in [-0.05, 0) is 53.6 Å². The summed E-state index contributed by atoms with van der Waals surface area (Å²) in [5.74, 6) is 1.51. The summed E-state index contributed by atoms with van der Waals surface area (Å²) in [7, 11) is 0. The Labute approximate surface area is 332 Å². The van der Waals surface area contributed by atoms with Gasteiger partial charge >= 0.3 is 0 Å². The van der Waals surface area contributed by atoms with Crippen LogP contribution in [0, 0.1) is 0 Å². The Hall–Kier alpha value is -7.34. The molecule has 8 aromatic carbocycles. The van der Waals surface area contributed by atoms with E-state index in [1.807, 2.05) is 11.3 Å². The number of nitrogens with zero attached hydrogens (tertiary/aromatic N) is 4. The minimum Gasteiger partial charge on any atom is -0.309 e. The standard InChI is InChI=1S/C52H32N4S/c1-3-15-33(16-4-1)34-17-13-18-35(31-34)52-53-43(41-25-14-24-40-38-22-9-12-28-47(38)57-51(40)41)32-48(54-52)56-45-27-11-8-23-42(45)49-46(56)30-29-39-37-21-7-10-26-44(37)55(50(39)49)36-19-5-2-6-20-36/h1-32H. The molecule has 4 heterocycles. The third-order valence-electron chi connectivity index (χ3n) is 11.3. The zero-order valence-corrected chi connectivity index (χ0v) is 31.5. The van der Waals surface area contributed by atoms with Crippen LogP contribution < -0.4 is 0 Å². The second kappa shape index (κ2) is 12.6. The van der Waals surface area contributed by atoms with E-state index in [-0.39, 0.29) is 0 Å². The lowest BCUT2D eigenvalue weighted by Crippen LogP contribution is -2.02. The first-order chi connectivity index (χ1) is 28.3. The molecule has 0 aliphatic rings. The highest BCUT2D eigenvalue weighted by Gasteiger charge is 2.23. The summed E-state index contributed by atoms with van der Waals surface area (Å²) in [4.78, 5) is 10.9. The SMILES string of the molecule is c1ccc(-c2cccc(-c3nc(-c4cccc5c4sc4ccccc45)cc(-n4c5ccccc5c5c4ccc4c6ccccc6n(-c6ccccc6)c45)n3)c2)cc1. The molecule has 0 aliphatic carbocycles. The second-order valence-corrected chi connectivity index (χ2v) is 15.6. The molecule has 0 aliphatic heterocycles. The normalized spacial score (nSPS) is 11.9. The summed E-state index contributed by atoms with van der Waals surface area (Å²) in [6, 6.07) is 69.4. The Morgan fingerprint density at radius 1 is 0.404 bits per heavy atom. The maximum absolute atomic E-state index is 5.48. The molecule has 12 rings (SSSR count). The molecule has 4 aromatic heterocycles. The van der Waals surface area contributed by atoms with Gasteiger partial charge in [0, 0.05) is 64.6 Å².